The highest BCUT2D eigenvalue weighted by atomic mass is 32.2. The van der Waals surface area contributed by atoms with Crippen molar-refractivity contribution in [2.75, 3.05) is 0 Å². The summed E-state index contributed by atoms with van der Waals surface area (Å²) >= 11 is 0. The van der Waals surface area contributed by atoms with Gasteiger partial charge in [-0.1, -0.05) is 6.07 Å². The van der Waals surface area contributed by atoms with Gasteiger partial charge in [0, 0.05) is 0 Å². The van der Waals surface area contributed by atoms with Crippen molar-refractivity contribution < 1.29 is 18.3 Å². The molecule has 0 saturated heterocycles. The number of nitrogens with zero attached hydrogens (tertiary/aromatic N) is 2. The van der Waals surface area contributed by atoms with E-state index >= 15 is 0 Å². The van der Waals surface area contributed by atoms with Gasteiger partial charge in [-0.3, -0.25) is 0 Å². The molecule has 0 fully saturated rings. The minimum atomic E-state index is -4.02. The normalized spacial score (nSPS) is 10.5. The summed E-state index contributed by atoms with van der Waals surface area (Å²) in [5, 5.41) is 26.9. The average Bonchev–Trinajstić information content (AvgIpc) is 2.53. The summed E-state index contributed by atoms with van der Waals surface area (Å²) in [6, 6.07) is 12.1. The first-order valence-electron chi connectivity index (χ1n) is 5.93. The van der Waals surface area contributed by atoms with Gasteiger partial charge >= 0.3 is 5.97 Å². The number of hydrogen-bond acceptors (Lipinski definition) is 5. The molecule has 0 aromatic heterocycles. The van der Waals surface area contributed by atoms with E-state index in [1.807, 2.05) is 0 Å². The molecule has 0 aliphatic rings. The summed E-state index contributed by atoms with van der Waals surface area (Å²) in [6.07, 6.45) is 0. The molecule has 108 valence electrons. The Labute approximate surface area is 126 Å². The zero-order valence-electron chi connectivity index (χ0n) is 11.0. The Morgan fingerprint density at radius 3 is 2.14 bits per heavy atom. The molecule has 0 bridgehead atoms. The molecule has 0 aliphatic heterocycles. The van der Waals surface area contributed by atoms with Crippen molar-refractivity contribution >= 4 is 15.8 Å². The van der Waals surface area contributed by atoms with Gasteiger partial charge in [0.05, 0.1) is 26.5 Å². The molecule has 22 heavy (non-hydrogen) atoms. The van der Waals surface area contributed by atoms with Crippen molar-refractivity contribution in [3.63, 3.8) is 0 Å². The number of nitriles is 2. The first-order valence-corrected chi connectivity index (χ1v) is 7.42. The van der Waals surface area contributed by atoms with E-state index in [4.69, 9.17) is 15.6 Å². The number of carboxylic acids is 1. The SMILES string of the molecule is N#Cc1cccc(S(=O)(=O)c2ccc(C(=O)O)cc2)c1C#N. The van der Waals surface area contributed by atoms with Crippen LogP contribution >= 0.6 is 0 Å². The molecular weight excluding hydrogens is 304 g/mol. The topological polar surface area (TPSA) is 119 Å². The summed E-state index contributed by atoms with van der Waals surface area (Å²) in [5.74, 6) is -1.17. The zero-order valence-corrected chi connectivity index (χ0v) is 11.8. The maximum Gasteiger partial charge on any atom is 0.335 e. The van der Waals surface area contributed by atoms with Crippen molar-refractivity contribution in [2.45, 2.75) is 9.79 Å². The Hall–Kier alpha value is -3.16. The van der Waals surface area contributed by atoms with E-state index in [0.29, 0.717) is 0 Å². The van der Waals surface area contributed by atoms with Gasteiger partial charge in [0.1, 0.15) is 12.1 Å². The van der Waals surface area contributed by atoms with Crippen LogP contribution in [-0.4, -0.2) is 19.5 Å². The van der Waals surface area contributed by atoms with Gasteiger partial charge in [0.2, 0.25) is 9.84 Å². The third-order valence-corrected chi connectivity index (χ3v) is 4.77. The molecular formula is C15H8N2O4S. The Balaban J connectivity index is 2.64. The van der Waals surface area contributed by atoms with Crippen molar-refractivity contribution in [2.24, 2.45) is 0 Å². The van der Waals surface area contributed by atoms with Crippen molar-refractivity contribution in [3.8, 4) is 12.1 Å². The van der Waals surface area contributed by atoms with Crippen LogP contribution < -0.4 is 0 Å². The minimum absolute atomic E-state index is 0.0364. The highest BCUT2D eigenvalue weighted by molar-refractivity contribution is 7.91. The molecule has 7 heteroatoms. The second-order valence-corrected chi connectivity index (χ2v) is 6.15. The van der Waals surface area contributed by atoms with Gasteiger partial charge in [-0.2, -0.15) is 10.5 Å². The molecule has 0 aliphatic carbocycles. The molecule has 0 radical (unpaired) electrons. The lowest BCUT2D eigenvalue weighted by Crippen LogP contribution is -2.06. The third-order valence-electron chi connectivity index (χ3n) is 2.96. The Bertz CT molecular complexity index is 933. The van der Waals surface area contributed by atoms with Crippen molar-refractivity contribution in [1.82, 2.24) is 0 Å². The fraction of sp³-hybridized carbons (Fsp3) is 0. The first-order chi connectivity index (χ1) is 10.4. The van der Waals surface area contributed by atoms with E-state index in [1.54, 1.807) is 12.1 Å². The Morgan fingerprint density at radius 2 is 1.64 bits per heavy atom. The molecule has 0 atom stereocenters. The number of sulfone groups is 1. The van der Waals surface area contributed by atoms with Gasteiger partial charge in [-0.25, -0.2) is 13.2 Å². The summed E-state index contributed by atoms with van der Waals surface area (Å²) in [6.45, 7) is 0. The van der Waals surface area contributed by atoms with Crippen LogP contribution in [-0.2, 0) is 9.84 Å². The van der Waals surface area contributed by atoms with Gasteiger partial charge in [-0.15, -0.1) is 0 Å². The number of aromatic carboxylic acids is 1. The van der Waals surface area contributed by atoms with E-state index < -0.39 is 15.8 Å². The predicted molar refractivity (Wildman–Crippen MR) is 74.7 cm³/mol. The summed E-state index contributed by atoms with van der Waals surface area (Å²) in [7, 11) is -4.02. The number of hydrogen-bond donors (Lipinski definition) is 1. The highest BCUT2D eigenvalue weighted by Gasteiger charge is 2.23. The van der Waals surface area contributed by atoms with Crippen LogP contribution in [0.5, 0.6) is 0 Å². The van der Waals surface area contributed by atoms with Gasteiger partial charge in [-0.05, 0) is 36.4 Å². The van der Waals surface area contributed by atoms with Crippen LogP contribution in [0.4, 0.5) is 0 Å². The summed E-state index contributed by atoms with van der Waals surface area (Å²) < 4.78 is 25.1. The molecule has 1 N–H and O–H groups in total. The highest BCUT2D eigenvalue weighted by Crippen LogP contribution is 2.26. The molecule has 6 nitrogen and oxygen atoms in total. The predicted octanol–water partition coefficient (Wildman–Crippen LogP) is 1.96. The lowest BCUT2D eigenvalue weighted by Gasteiger charge is -2.07. The number of carboxylic acid groups (broad SMARTS) is 1. The van der Waals surface area contributed by atoms with E-state index in [-0.39, 0.29) is 26.5 Å². The van der Waals surface area contributed by atoms with Gasteiger partial charge in [0.25, 0.3) is 0 Å². The molecule has 0 spiro atoms. The van der Waals surface area contributed by atoms with Crippen LogP contribution in [0, 0.1) is 22.7 Å². The van der Waals surface area contributed by atoms with Crippen LogP contribution in [0.2, 0.25) is 0 Å². The lowest BCUT2D eigenvalue weighted by atomic mass is 10.1. The van der Waals surface area contributed by atoms with Crippen molar-refractivity contribution in [3.05, 3.63) is 59.2 Å². The van der Waals surface area contributed by atoms with E-state index in [2.05, 4.69) is 0 Å². The monoisotopic (exact) mass is 312 g/mol. The second-order valence-electron chi connectivity index (χ2n) is 4.24. The standard InChI is InChI=1S/C15H8N2O4S/c16-8-11-2-1-3-14(13(11)9-17)22(20,21)12-6-4-10(5-7-12)15(18)19/h1-7H,(H,18,19). The van der Waals surface area contributed by atoms with Crippen LogP contribution in [0.1, 0.15) is 21.5 Å². The number of benzene rings is 2. The minimum Gasteiger partial charge on any atom is -0.478 e. The average molecular weight is 312 g/mol. The molecule has 2 aromatic rings. The largest absolute Gasteiger partial charge is 0.478 e. The number of carbonyl (C=O) groups is 1. The molecule has 0 saturated carbocycles. The molecule has 0 unspecified atom stereocenters. The molecule has 2 aromatic carbocycles. The fourth-order valence-corrected chi connectivity index (χ4v) is 3.30. The van der Waals surface area contributed by atoms with Crippen LogP contribution in [0.3, 0.4) is 0 Å². The smallest absolute Gasteiger partial charge is 0.335 e. The van der Waals surface area contributed by atoms with Crippen molar-refractivity contribution in [1.29, 1.82) is 10.5 Å². The van der Waals surface area contributed by atoms with Crippen LogP contribution in [0.25, 0.3) is 0 Å². The van der Waals surface area contributed by atoms with E-state index in [9.17, 15) is 13.2 Å². The summed E-state index contributed by atoms with van der Waals surface area (Å²) in [4.78, 5) is 10.4. The molecule has 2 rings (SSSR count). The Kier molecular flexibility index (Phi) is 3.93. The lowest BCUT2D eigenvalue weighted by molar-refractivity contribution is 0.0696. The second kappa shape index (κ2) is 5.68. The molecule has 0 heterocycles. The van der Waals surface area contributed by atoms with Crippen LogP contribution in [0.15, 0.2) is 52.3 Å². The van der Waals surface area contributed by atoms with Gasteiger partial charge < -0.3 is 5.11 Å². The molecule has 0 amide bonds. The Morgan fingerprint density at radius 1 is 1.00 bits per heavy atom. The van der Waals surface area contributed by atoms with E-state index in [0.717, 1.165) is 24.3 Å². The fourth-order valence-electron chi connectivity index (χ4n) is 1.87. The first kappa shape index (κ1) is 15.2. The summed E-state index contributed by atoms with van der Waals surface area (Å²) in [5.41, 5.74) is -0.316. The third kappa shape index (κ3) is 2.53. The van der Waals surface area contributed by atoms with Gasteiger partial charge in [0.15, 0.2) is 0 Å². The maximum atomic E-state index is 12.6. The number of rotatable bonds is 3. The quantitative estimate of drug-likeness (QED) is 0.925. The maximum absolute atomic E-state index is 12.6. The van der Waals surface area contributed by atoms with E-state index in [1.165, 1.54) is 18.2 Å². The zero-order chi connectivity index (χ0) is 16.3.